The van der Waals surface area contributed by atoms with E-state index in [1.54, 1.807) is 14.2 Å². The van der Waals surface area contributed by atoms with Crippen LogP contribution in [0, 0.1) is 0 Å². The average Bonchev–Trinajstić information content (AvgIpc) is 3.22. The van der Waals surface area contributed by atoms with Gasteiger partial charge in [0.15, 0.2) is 0 Å². The number of rotatable bonds is 8. The maximum absolute atomic E-state index is 13.2. The molecule has 158 valence electrons. The van der Waals surface area contributed by atoms with Crippen LogP contribution < -0.4 is 4.74 Å². The number of amides is 2. The van der Waals surface area contributed by atoms with Gasteiger partial charge in [0, 0.05) is 32.6 Å². The van der Waals surface area contributed by atoms with E-state index in [0.717, 1.165) is 22.6 Å². The van der Waals surface area contributed by atoms with Crippen LogP contribution in [-0.2, 0) is 14.3 Å². The molecular formula is C23H27N3O4. The minimum absolute atomic E-state index is 0.0447. The normalized spacial score (nSPS) is 15.6. The Bertz CT molecular complexity index is 914. The molecule has 7 heteroatoms. The van der Waals surface area contributed by atoms with Gasteiger partial charge in [-0.25, -0.2) is 5.01 Å². The lowest BCUT2D eigenvalue weighted by molar-refractivity contribution is -0.141. The van der Waals surface area contributed by atoms with Crippen molar-refractivity contribution in [2.45, 2.75) is 19.4 Å². The van der Waals surface area contributed by atoms with Gasteiger partial charge in [-0.3, -0.25) is 9.59 Å². The van der Waals surface area contributed by atoms with Crippen molar-refractivity contribution in [3.8, 4) is 5.75 Å². The van der Waals surface area contributed by atoms with E-state index < -0.39 is 0 Å². The second-order valence-electron chi connectivity index (χ2n) is 7.08. The van der Waals surface area contributed by atoms with E-state index in [1.807, 2.05) is 54.6 Å². The third kappa shape index (κ3) is 5.04. The molecule has 0 aromatic heterocycles. The van der Waals surface area contributed by atoms with Crippen LogP contribution in [0.1, 0.15) is 30.5 Å². The highest BCUT2D eigenvalue weighted by Crippen LogP contribution is 2.33. The summed E-state index contributed by atoms with van der Waals surface area (Å²) in [6.45, 7) is 2.13. The third-order valence-corrected chi connectivity index (χ3v) is 5.09. The van der Waals surface area contributed by atoms with Crippen LogP contribution in [0.5, 0.6) is 5.75 Å². The Kier molecular flexibility index (Phi) is 7.19. The molecule has 3 rings (SSSR count). The van der Waals surface area contributed by atoms with Crippen LogP contribution in [0.4, 0.5) is 0 Å². The van der Waals surface area contributed by atoms with Crippen molar-refractivity contribution in [1.29, 1.82) is 0 Å². The maximum atomic E-state index is 13.2. The molecule has 1 heterocycles. The van der Waals surface area contributed by atoms with Crippen molar-refractivity contribution < 1.29 is 19.1 Å². The highest BCUT2D eigenvalue weighted by Gasteiger charge is 2.34. The molecule has 0 spiro atoms. The number of ether oxygens (including phenoxy) is 2. The summed E-state index contributed by atoms with van der Waals surface area (Å²) in [5.41, 5.74) is 2.72. The summed E-state index contributed by atoms with van der Waals surface area (Å²) in [4.78, 5) is 26.6. The van der Waals surface area contributed by atoms with Crippen molar-refractivity contribution in [2.24, 2.45) is 5.10 Å². The molecule has 0 N–H and O–H groups in total. The minimum Gasteiger partial charge on any atom is -0.497 e. The molecule has 2 aromatic rings. The van der Waals surface area contributed by atoms with Crippen molar-refractivity contribution in [3.05, 3.63) is 65.7 Å². The summed E-state index contributed by atoms with van der Waals surface area (Å²) in [5, 5.41) is 6.17. The van der Waals surface area contributed by atoms with Gasteiger partial charge in [-0.1, -0.05) is 42.5 Å². The van der Waals surface area contributed by atoms with Gasteiger partial charge in [0.1, 0.15) is 12.3 Å². The molecule has 0 bridgehead atoms. The first-order chi connectivity index (χ1) is 14.5. The number of carbonyl (C=O) groups is 2. The van der Waals surface area contributed by atoms with E-state index in [4.69, 9.17) is 9.47 Å². The van der Waals surface area contributed by atoms with Gasteiger partial charge in [-0.2, -0.15) is 5.10 Å². The van der Waals surface area contributed by atoms with E-state index in [-0.39, 0.29) is 24.4 Å². The first-order valence-electron chi connectivity index (χ1n) is 9.87. The van der Waals surface area contributed by atoms with Crippen molar-refractivity contribution in [2.75, 3.05) is 33.9 Å². The molecule has 0 unspecified atom stereocenters. The summed E-state index contributed by atoms with van der Waals surface area (Å²) in [6.07, 6.45) is 0.584. The monoisotopic (exact) mass is 409 g/mol. The zero-order valence-corrected chi connectivity index (χ0v) is 17.6. The van der Waals surface area contributed by atoms with Gasteiger partial charge < -0.3 is 14.4 Å². The summed E-state index contributed by atoms with van der Waals surface area (Å²) in [5.74, 6) is 0.333. The van der Waals surface area contributed by atoms with Gasteiger partial charge in [-0.05, 0) is 17.7 Å². The van der Waals surface area contributed by atoms with Crippen LogP contribution in [0.15, 0.2) is 59.7 Å². The standard InChI is InChI=1S/C23H27N3O4/c1-17(27)25(12-13-29-2)16-23(28)26-22(18-8-5-4-6-9-18)15-21(24-26)19-10-7-11-20(14-19)30-3/h4-11,14,22H,12-13,15-16H2,1-3H3/t22-/m0/s1. The predicted molar refractivity (Wildman–Crippen MR) is 114 cm³/mol. The molecule has 1 aliphatic heterocycles. The second-order valence-corrected chi connectivity index (χ2v) is 7.08. The van der Waals surface area contributed by atoms with Crippen LogP contribution in [0.2, 0.25) is 0 Å². The molecule has 2 amide bonds. The van der Waals surface area contributed by atoms with E-state index >= 15 is 0 Å². The van der Waals surface area contributed by atoms with Crippen molar-refractivity contribution in [3.63, 3.8) is 0 Å². The lowest BCUT2D eigenvalue weighted by atomic mass is 9.98. The van der Waals surface area contributed by atoms with Crippen LogP contribution >= 0.6 is 0 Å². The fourth-order valence-electron chi connectivity index (χ4n) is 3.44. The molecule has 0 aliphatic carbocycles. The van der Waals surface area contributed by atoms with Crippen LogP contribution in [-0.4, -0.2) is 61.4 Å². The Morgan fingerprint density at radius 3 is 2.57 bits per heavy atom. The zero-order chi connectivity index (χ0) is 21.5. The molecule has 0 fully saturated rings. The quantitative estimate of drug-likeness (QED) is 0.672. The number of hydrazone groups is 1. The SMILES string of the molecule is COCCN(CC(=O)N1N=C(c2cccc(OC)c2)C[C@H]1c1ccccc1)C(C)=O. The predicted octanol–water partition coefficient (Wildman–Crippen LogP) is 2.87. The molecule has 7 nitrogen and oxygen atoms in total. The Hall–Kier alpha value is -3.19. The average molecular weight is 409 g/mol. The van der Waals surface area contributed by atoms with E-state index in [9.17, 15) is 9.59 Å². The Labute approximate surface area is 176 Å². The van der Waals surface area contributed by atoms with E-state index in [0.29, 0.717) is 19.6 Å². The second kappa shape index (κ2) is 10.0. The molecule has 1 aliphatic rings. The first-order valence-corrected chi connectivity index (χ1v) is 9.87. The third-order valence-electron chi connectivity index (χ3n) is 5.09. The van der Waals surface area contributed by atoms with Crippen molar-refractivity contribution in [1.82, 2.24) is 9.91 Å². The fraction of sp³-hybridized carbons (Fsp3) is 0.348. The van der Waals surface area contributed by atoms with Crippen LogP contribution in [0.3, 0.4) is 0 Å². The molecule has 0 saturated heterocycles. The Morgan fingerprint density at radius 1 is 1.13 bits per heavy atom. The molecule has 0 saturated carbocycles. The first kappa shape index (κ1) is 21.5. The number of nitrogens with zero attached hydrogens (tertiary/aromatic N) is 3. The van der Waals surface area contributed by atoms with Crippen LogP contribution in [0.25, 0.3) is 0 Å². The molecule has 30 heavy (non-hydrogen) atoms. The largest absolute Gasteiger partial charge is 0.497 e. The molecule has 0 radical (unpaired) electrons. The topological polar surface area (TPSA) is 71.4 Å². The van der Waals surface area contributed by atoms with Gasteiger partial charge in [0.25, 0.3) is 5.91 Å². The lowest BCUT2D eigenvalue weighted by Crippen LogP contribution is -2.41. The molecule has 2 aromatic carbocycles. The highest BCUT2D eigenvalue weighted by atomic mass is 16.5. The number of methoxy groups -OCH3 is 2. The summed E-state index contributed by atoms with van der Waals surface area (Å²) >= 11 is 0. The Balaban J connectivity index is 1.88. The van der Waals surface area contributed by atoms with Gasteiger partial charge >= 0.3 is 0 Å². The lowest BCUT2D eigenvalue weighted by Gasteiger charge is -2.26. The van der Waals surface area contributed by atoms with Gasteiger partial charge in [-0.15, -0.1) is 0 Å². The Morgan fingerprint density at radius 2 is 1.90 bits per heavy atom. The van der Waals surface area contributed by atoms with Gasteiger partial charge in [0.2, 0.25) is 5.91 Å². The van der Waals surface area contributed by atoms with E-state index in [2.05, 4.69) is 5.10 Å². The molecular weight excluding hydrogens is 382 g/mol. The number of hydrogen-bond donors (Lipinski definition) is 0. The summed E-state index contributed by atoms with van der Waals surface area (Å²) in [6, 6.07) is 17.2. The smallest absolute Gasteiger partial charge is 0.262 e. The minimum atomic E-state index is -0.229. The number of hydrogen-bond acceptors (Lipinski definition) is 5. The van der Waals surface area contributed by atoms with Crippen molar-refractivity contribution >= 4 is 17.5 Å². The van der Waals surface area contributed by atoms with E-state index in [1.165, 1.54) is 16.8 Å². The highest BCUT2D eigenvalue weighted by molar-refractivity contribution is 6.03. The fourth-order valence-corrected chi connectivity index (χ4v) is 3.44. The summed E-state index contributed by atoms with van der Waals surface area (Å²) in [7, 11) is 3.19. The number of carbonyl (C=O) groups excluding carboxylic acids is 2. The van der Waals surface area contributed by atoms with Gasteiger partial charge in [0.05, 0.1) is 25.5 Å². The maximum Gasteiger partial charge on any atom is 0.262 e. The summed E-state index contributed by atoms with van der Waals surface area (Å²) < 4.78 is 10.4. The zero-order valence-electron chi connectivity index (χ0n) is 17.6. The molecule has 1 atom stereocenters. The number of benzene rings is 2.